The summed E-state index contributed by atoms with van der Waals surface area (Å²) in [5.41, 5.74) is -0.246. The average Bonchev–Trinajstić information content (AvgIpc) is 3.63. The normalized spacial score (nSPS) is 27.7. The Hall–Kier alpha value is -3.77. The molecule has 5 aliphatic rings. The Balaban J connectivity index is 1.19. The number of alkyl halides is 1. The number of rotatable bonds is 6. The molecule has 2 bridgehead atoms. The fourth-order valence-corrected chi connectivity index (χ4v) is 8.54. The lowest BCUT2D eigenvalue weighted by Gasteiger charge is -2.34. The van der Waals surface area contributed by atoms with E-state index in [1.54, 1.807) is 0 Å². The minimum Gasteiger partial charge on any atom is -0.508 e. The number of nitrogens with zero attached hydrogens (tertiary/aromatic N) is 5. The third-order valence-electron chi connectivity index (χ3n) is 10.8. The summed E-state index contributed by atoms with van der Waals surface area (Å²) in [6, 6.07) is 4.31. The quantitative estimate of drug-likeness (QED) is 0.260. The van der Waals surface area contributed by atoms with Crippen molar-refractivity contribution in [2.45, 2.75) is 74.7 Å². The number of fused-ring (bicyclic) bond motifs is 5. The molecule has 8 nitrogen and oxygen atoms in total. The van der Waals surface area contributed by atoms with Crippen molar-refractivity contribution in [1.29, 1.82) is 0 Å². The van der Waals surface area contributed by atoms with Crippen LogP contribution in [0.15, 0.2) is 24.4 Å². The van der Waals surface area contributed by atoms with Crippen molar-refractivity contribution in [3.8, 4) is 23.0 Å². The van der Waals surface area contributed by atoms with Gasteiger partial charge >= 0.3 is 6.01 Å². The molecule has 2 aromatic heterocycles. The van der Waals surface area contributed by atoms with E-state index in [2.05, 4.69) is 25.1 Å². The van der Waals surface area contributed by atoms with E-state index in [-0.39, 0.29) is 58.5 Å². The Morgan fingerprint density at radius 1 is 0.978 bits per heavy atom. The van der Waals surface area contributed by atoms with Crippen LogP contribution in [0.2, 0.25) is 0 Å². The SMILES string of the molecule is Oc1cc(-c2ncc3c(N4C[C@H]5CC[C@@H](C4)N5)nc(OC[C@@]45CCCN4C[C@H](F)C5)nc3c2F)c2c(F)c(F)cc(C3CC3)c2c1. The summed E-state index contributed by atoms with van der Waals surface area (Å²) in [6.07, 6.45) is 6.37. The lowest BCUT2D eigenvalue weighted by molar-refractivity contribution is 0.107. The number of phenolic OH excluding ortho intramolecular Hbond substituents is 1. The number of aromatic nitrogens is 3. The lowest BCUT2D eigenvalue weighted by Crippen LogP contribution is -2.51. The molecule has 5 fully saturated rings. The summed E-state index contributed by atoms with van der Waals surface area (Å²) in [5.74, 6) is -2.67. The van der Waals surface area contributed by atoms with Gasteiger partial charge in [-0.05, 0) is 80.1 Å². The van der Waals surface area contributed by atoms with Crippen LogP contribution in [-0.4, -0.2) is 81.5 Å². The second kappa shape index (κ2) is 10.4. The molecule has 240 valence electrons. The number of halogens is 4. The molecule has 9 rings (SSSR count). The molecule has 4 aliphatic heterocycles. The molecular weight excluding hydrogens is 600 g/mol. The summed E-state index contributed by atoms with van der Waals surface area (Å²) in [6.45, 7) is 2.68. The van der Waals surface area contributed by atoms with Crippen LogP contribution in [0, 0.1) is 17.5 Å². The molecule has 2 aromatic carbocycles. The van der Waals surface area contributed by atoms with Crippen LogP contribution in [0.1, 0.15) is 56.4 Å². The van der Waals surface area contributed by atoms with Crippen molar-refractivity contribution < 1.29 is 27.4 Å². The Morgan fingerprint density at radius 3 is 2.57 bits per heavy atom. The maximum Gasteiger partial charge on any atom is 0.319 e. The zero-order chi connectivity index (χ0) is 31.3. The number of pyridine rings is 1. The first-order valence-electron chi connectivity index (χ1n) is 16.3. The van der Waals surface area contributed by atoms with Crippen molar-refractivity contribution in [3.05, 3.63) is 47.4 Å². The maximum absolute atomic E-state index is 16.8. The number of hydrogen-bond acceptors (Lipinski definition) is 8. The van der Waals surface area contributed by atoms with Crippen molar-refractivity contribution in [2.24, 2.45) is 0 Å². The number of piperazine rings is 1. The molecule has 0 radical (unpaired) electrons. The Bertz CT molecular complexity index is 1890. The first kappa shape index (κ1) is 28.5. The van der Waals surface area contributed by atoms with E-state index >= 15 is 8.78 Å². The van der Waals surface area contributed by atoms with Crippen molar-refractivity contribution >= 4 is 27.5 Å². The summed E-state index contributed by atoms with van der Waals surface area (Å²) >= 11 is 0. The Morgan fingerprint density at radius 2 is 1.78 bits per heavy atom. The largest absolute Gasteiger partial charge is 0.508 e. The highest BCUT2D eigenvalue weighted by atomic mass is 19.2. The van der Waals surface area contributed by atoms with Gasteiger partial charge in [0, 0.05) is 55.3 Å². The molecule has 4 saturated heterocycles. The minimum atomic E-state index is -1.12. The molecule has 12 heteroatoms. The van der Waals surface area contributed by atoms with E-state index in [0.29, 0.717) is 48.2 Å². The molecule has 6 heterocycles. The highest BCUT2D eigenvalue weighted by Crippen LogP contribution is 2.47. The molecule has 0 amide bonds. The summed E-state index contributed by atoms with van der Waals surface area (Å²) < 4.78 is 68.0. The second-order valence-electron chi connectivity index (χ2n) is 13.9. The highest BCUT2D eigenvalue weighted by Gasteiger charge is 2.49. The van der Waals surface area contributed by atoms with Crippen LogP contribution in [0.4, 0.5) is 23.4 Å². The monoisotopic (exact) mass is 634 g/mol. The van der Waals surface area contributed by atoms with Crippen LogP contribution in [-0.2, 0) is 0 Å². The summed E-state index contributed by atoms with van der Waals surface area (Å²) in [7, 11) is 0. The van der Waals surface area contributed by atoms with Gasteiger partial charge in [0.25, 0.3) is 0 Å². The van der Waals surface area contributed by atoms with Crippen LogP contribution < -0.4 is 15.0 Å². The standard InChI is InChI=1S/C34H34F4N6O2/c35-18-11-34(6-1-7-44(34)13-18)16-46-33-41-31-25(32(42-33)43-14-19-4-5-20(15-43)40-19)12-39-30(29(31)38)24-9-21(45)8-23-22(17-2-3-17)10-26(36)28(37)27(23)24/h8-10,12,17-20,40,45H,1-7,11,13-16H2/t18-,19-,20+,34+/m1/s1. The van der Waals surface area contributed by atoms with Gasteiger partial charge in [0.15, 0.2) is 17.5 Å². The number of phenols is 1. The van der Waals surface area contributed by atoms with E-state index in [9.17, 15) is 13.9 Å². The molecule has 4 atom stereocenters. The lowest BCUT2D eigenvalue weighted by atomic mass is 9.94. The van der Waals surface area contributed by atoms with Crippen LogP contribution in [0.5, 0.6) is 11.8 Å². The van der Waals surface area contributed by atoms with Gasteiger partial charge in [0.05, 0.1) is 10.9 Å². The second-order valence-corrected chi connectivity index (χ2v) is 13.9. The van der Waals surface area contributed by atoms with E-state index in [0.717, 1.165) is 45.1 Å². The minimum absolute atomic E-state index is 0.0259. The average molecular weight is 635 g/mol. The first-order valence-corrected chi connectivity index (χ1v) is 16.3. The number of nitrogens with one attached hydrogen (secondary N) is 1. The van der Waals surface area contributed by atoms with Gasteiger partial charge < -0.3 is 20.1 Å². The van der Waals surface area contributed by atoms with Crippen LogP contribution in [0.3, 0.4) is 0 Å². The van der Waals surface area contributed by atoms with Crippen LogP contribution in [0.25, 0.3) is 32.9 Å². The molecule has 2 N–H and O–H groups in total. The third kappa shape index (κ3) is 4.51. The zero-order valence-electron chi connectivity index (χ0n) is 25.2. The van der Waals surface area contributed by atoms with Crippen molar-refractivity contribution in [2.75, 3.05) is 37.7 Å². The molecule has 46 heavy (non-hydrogen) atoms. The topological polar surface area (TPSA) is 86.6 Å². The predicted molar refractivity (Wildman–Crippen MR) is 164 cm³/mol. The molecule has 0 spiro atoms. The van der Waals surface area contributed by atoms with Gasteiger partial charge in [0.2, 0.25) is 0 Å². The van der Waals surface area contributed by atoms with E-state index in [4.69, 9.17) is 9.72 Å². The molecule has 0 unspecified atom stereocenters. The van der Waals surface area contributed by atoms with E-state index in [1.165, 1.54) is 24.4 Å². The number of benzene rings is 2. The van der Waals surface area contributed by atoms with E-state index < -0.39 is 29.2 Å². The first-order chi connectivity index (χ1) is 22.3. The van der Waals surface area contributed by atoms with E-state index in [1.807, 2.05) is 0 Å². The summed E-state index contributed by atoms with van der Waals surface area (Å²) in [5, 5.41) is 14.9. The molecule has 1 aliphatic carbocycles. The Kier molecular flexibility index (Phi) is 6.41. The number of hydrogen-bond donors (Lipinski definition) is 2. The van der Waals surface area contributed by atoms with Gasteiger partial charge in [-0.1, -0.05) is 0 Å². The number of aromatic hydroxyl groups is 1. The molecule has 4 aromatic rings. The van der Waals surface area contributed by atoms with Gasteiger partial charge in [-0.2, -0.15) is 9.97 Å². The maximum atomic E-state index is 16.8. The van der Waals surface area contributed by atoms with Crippen molar-refractivity contribution in [3.63, 3.8) is 0 Å². The molecular formula is C34H34F4N6O2. The highest BCUT2D eigenvalue weighted by molar-refractivity contribution is 6.02. The van der Waals surface area contributed by atoms with Crippen LogP contribution >= 0.6 is 0 Å². The zero-order valence-corrected chi connectivity index (χ0v) is 25.2. The predicted octanol–water partition coefficient (Wildman–Crippen LogP) is 5.74. The van der Waals surface area contributed by atoms with Gasteiger partial charge in [-0.15, -0.1) is 0 Å². The number of anilines is 1. The third-order valence-corrected chi connectivity index (χ3v) is 10.8. The number of ether oxygens (including phenoxy) is 1. The summed E-state index contributed by atoms with van der Waals surface area (Å²) in [4.78, 5) is 18.0. The van der Waals surface area contributed by atoms with Gasteiger partial charge in [0.1, 0.15) is 35.6 Å². The molecule has 1 saturated carbocycles. The van der Waals surface area contributed by atoms with Crippen molar-refractivity contribution in [1.82, 2.24) is 25.2 Å². The van der Waals surface area contributed by atoms with Gasteiger partial charge in [-0.3, -0.25) is 9.88 Å². The van der Waals surface area contributed by atoms with Gasteiger partial charge in [-0.25, -0.2) is 17.6 Å². The Labute approximate surface area is 262 Å². The fourth-order valence-electron chi connectivity index (χ4n) is 8.54. The fraction of sp³-hybridized carbons (Fsp3) is 0.500. The smallest absolute Gasteiger partial charge is 0.319 e.